The summed E-state index contributed by atoms with van der Waals surface area (Å²) < 4.78 is 10.4. The van der Waals surface area contributed by atoms with Crippen LogP contribution in [0.2, 0.25) is 0 Å². The van der Waals surface area contributed by atoms with Crippen LogP contribution < -0.4 is 9.64 Å². The Kier molecular flexibility index (Phi) is 3.43. The Morgan fingerprint density at radius 2 is 2.22 bits per heavy atom. The fourth-order valence-electron chi connectivity index (χ4n) is 2.20. The van der Waals surface area contributed by atoms with Gasteiger partial charge in [-0.2, -0.15) is 0 Å². The van der Waals surface area contributed by atoms with E-state index >= 15 is 0 Å². The topological polar surface area (TPSA) is 59.0 Å². The molecule has 1 saturated heterocycles. The van der Waals surface area contributed by atoms with E-state index in [1.54, 1.807) is 24.1 Å². The Balaban J connectivity index is 2.43. The number of aliphatic hydroxyl groups excluding tert-OH is 1. The molecular formula is C13H17NO4. The Morgan fingerprint density at radius 1 is 1.50 bits per heavy atom. The van der Waals surface area contributed by atoms with E-state index in [-0.39, 0.29) is 13.2 Å². The number of hydrogen-bond donors (Lipinski definition) is 1. The van der Waals surface area contributed by atoms with Crippen molar-refractivity contribution in [1.82, 2.24) is 0 Å². The number of carbonyl (C=O) groups excluding carboxylic acids is 1. The summed E-state index contributed by atoms with van der Waals surface area (Å²) in [6.07, 6.45) is 0.0482. The SMILES string of the molecule is COc1ccccc1N1C(=O)OCC1(C)CCO. The van der Waals surface area contributed by atoms with Crippen molar-refractivity contribution in [3.63, 3.8) is 0 Å². The van der Waals surface area contributed by atoms with E-state index in [4.69, 9.17) is 14.6 Å². The van der Waals surface area contributed by atoms with Gasteiger partial charge in [0.2, 0.25) is 0 Å². The van der Waals surface area contributed by atoms with Crippen molar-refractivity contribution >= 4 is 11.8 Å². The number of amides is 1. The Labute approximate surface area is 106 Å². The van der Waals surface area contributed by atoms with E-state index in [0.29, 0.717) is 17.9 Å². The maximum Gasteiger partial charge on any atom is 0.415 e. The highest BCUT2D eigenvalue weighted by Gasteiger charge is 2.45. The second-order valence-electron chi connectivity index (χ2n) is 4.53. The minimum atomic E-state index is -0.541. The van der Waals surface area contributed by atoms with Gasteiger partial charge < -0.3 is 14.6 Å². The van der Waals surface area contributed by atoms with Crippen LogP contribution in [0.1, 0.15) is 13.3 Å². The van der Waals surface area contributed by atoms with E-state index in [1.165, 1.54) is 0 Å². The summed E-state index contributed by atoms with van der Waals surface area (Å²) in [5.74, 6) is 0.612. The summed E-state index contributed by atoms with van der Waals surface area (Å²) in [5, 5.41) is 9.14. The van der Waals surface area contributed by atoms with E-state index in [1.807, 2.05) is 19.1 Å². The fraction of sp³-hybridized carbons (Fsp3) is 0.462. The van der Waals surface area contributed by atoms with Crippen molar-refractivity contribution in [2.75, 3.05) is 25.2 Å². The molecule has 0 aromatic heterocycles. The van der Waals surface area contributed by atoms with Gasteiger partial charge in [-0.15, -0.1) is 0 Å². The first-order valence-corrected chi connectivity index (χ1v) is 5.83. The number of ether oxygens (including phenoxy) is 2. The highest BCUT2D eigenvalue weighted by Crippen LogP contribution is 2.38. The number of cyclic esters (lactones) is 1. The maximum atomic E-state index is 11.9. The lowest BCUT2D eigenvalue weighted by atomic mass is 9.97. The number of rotatable bonds is 4. The largest absolute Gasteiger partial charge is 0.495 e. The third kappa shape index (κ3) is 2.01. The zero-order chi connectivity index (χ0) is 13.2. The van der Waals surface area contributed by atoms with Crippen molar-refractivity contribution in [1.29, 1.82) is 0 Å². The van der Waals surface area contributed by atoms with Gasteiger partial charge in [0.25, 0.3) is 0 Å². The molecule has 5 nitrogen and oxygen atoms in total. The van der Waals surface area contributed by atoms with Crippen LogP contribution in [-0.2, 0) is 4.74 Å². The van der Waals surface area contributed by atoms with Crippen LogP contribution in [0.4, 0.5) is 10.5 Å². The molecule has 18 heavy (non-hydrogen) atoms. The lowest BCUT2D eigenvalue weighted by molar-refractivity contribution is 0.167. The molecule has 0 saturated carbocycles. The zero-order valence-corrected chi connectivity index (χ0v) is 10.5. The summed E-state index contributed by atoms with van der Waals surface area (Å²) in [7, 11) is 1.56. The van der Waals surface area contributed by atoms with Crippen molar-refractivity contribution in [2.45, 2.75) is 18.9 Å². The van der Waals surface area contributed by atoms with Crippen molar-refractivity contribution < 1.29 is 19.4 Å². The first-order valence-electron chi connectivity index (χ1n) is 5.83. The maximum absolute atomic E-state index is 11.9. The molecule has 2 rings (SSSR count). The molecule has 5 heteroatoms. The highest BCUT2D eigenvalue weighted by molar-refractivity contribution is 5.93. The second-order valence-corrected chi connectivity index (χ2v) is 4.53. The number of hydrogen-bond acceptors (Lipinski definition) is 4. The Bertz CT molecular complexity index is 448. The van der Waals surface area contributed by atoms with Crippen LogP contribution in [-0.4, -0.2) is 37.1 Å². The molecule has 0 bridgehead atoms. The Hall–Kier alpha value is -1.75. The highest BCUT2D eigenvalue weighted by atomic mass is 16.6. The van der Waals surface area contributed by atoms with Crippen molar-refractivity contribution in [3.8, 4) is 5.75 Å². The van der Waals surface area contributed by atoms with E-state index in [2.05, 4.69) is 0 Å². The number of carbonyl (C=O) groups is 1. The van der Waals surface area contributed by atoms with Crippen molar-refractivity contribution in [3.05, 3.63) is 24.3 Å². The van der Waals surface area contributed by atoms with Crippen molar-refractivity contribution in [2.24, 2.45) is 0 Å². The third-order valence-corrected chi connectivity index (χ3v) is 3.21. The number of anilines is 1. The van der Waals surface area contributed by atoms with Crippen LogP contribution >= 0.6 is 0 Å². The molecule has 0 spiro atoms. The molecule has 0 radical (unpaired) electrons. The Morgan fingerprint density at radius 3 is 2.89 bits per heavy atom. The van der Waals surface area contributed by atoms with Gasteiger partial charge in [0.05, 0.1) is 18.3 Å². The first kappa shape index (κ1) is 12.7. The lowest BCUT2D eigenvalue weighted by Gasteiger charge is -2.32. The van der Waals surface area contributed by atoms with Crippen LogP contribution in [0, 0.1) is 0 Å². The number of aliphatic hydroxyl groups is 1. The number of nitrogens with zero attached hydrogens (tertiary/aromatic N) is 1. The monoisotopic (exact) mass is 251 g/mol. The summed E-state index contributed by atoms with van der Waals surface area (Å²) in [6.45, 7) is 2.16. The summed E-state index contributed by atoms with van der Waals surface area (Å²) in [6, 6.07) is 7.28. The molecule has 1 fully saturated rings. The van der Waals surface area contributed by atoms with Gasteiger partial charge in [0.1, 0.15) is 12.4 Å². The van der Waals surface area contributed by atoms with Gasteiger partial charge in [0.15, 0.2) is 0 Å². The molecular weight excluding hydrogens is 234 g/mol. The molecule has 98 valence electrons. The van der Waals surface area contributed by atoms with Gasteiger partial charge in [-0.05, 0) is 25.5 Å². The molecule has 1 atom stereocenters. The average molecular weight is 251 g/mol. The summed E-state index contributed by atoms with van der Waals surface area (Å²) >= 11 is 0. The lowest BCUT2D eigenvalue weighted by Crippen LogP contribution is -2.45. The van der Waals surface area contributed by atoms with Crippen LogP contribution in [0.5, 0.6) is 5.75 Å². The molecule has 1 aliphatic rings. The van der Waals surface area contributed by atoms with Crippen LogP contribution in [0.15, 0.2) is 24.3 Å². The van der Waals surface area contributed by atoms with Crippen LogP contribution in [0.25, 0.3) is 0 Å². The fourth-order valence-corrected chi connectivity index (χ4v) is 2.20. The van der Waals surface area contributed by atoms with Gasteiger partial charge >= 0.3 is 6.09 Å². The average Bonchev–Trinajstić information content (AvgIpc) is 2.65. The first-order chi connectivity index (χ1) is 8.62. The minimum Gasteiger partial charge on any atom is -0.495 e. The van der Waals surface area contributed by atoms with Gasteiger partial charge in [-0.1, -0.05) is 12.1 Å². The molecule has 1 heterocycles. The standard InChI is InChI=1S/C13H17NO4/c1-13(7-8-15)9-18-12(16)14(13)10-5-3-4-6-11(10)17-2/h3-6,15H,7-9H2,1-2H3. The predicted octanol–water partition coefficient (Wildman–Crippen LogP) is 1.79. The summed E-state index contributed by atoms with van der Waals surface area (Å²) in [4.78, 5) is 13.5. The van der Waals surface area contributed by atoms with Gasteiger partial charge in [-0.3, -0.25) is 4.90 Å². The van der Waals surface area contributed by atoms with Gasteiger partial charge in [-0.25, -0.2) is 4.79 Å². The van der Waals surface area contributed by atoms with E-state index in [0.717, 1.165) is 0 Å². The van der Waals surface area contributed by atoms with Crippen LogP contribution in [0.3, 0.4) is 0 Å². The molecule has 1 unspecified atom stereocenters. The van der Waals surface area contributed by atoms with E-state index in [9.17, 15) is 4.79 Å². The molecule has 0 aliphatic carbocycles. The van der Waals surface area contributed by atoms with E-state index < -0.39 is 11.6 Å². The molecule has 1 amide bonds. The number of benzene rings is 1. The number of methoxy groups -OCH3 is 1. The zero-order valence-electron chi connectivity index (χ0n) is 10.5. The molecule has 1 N–H and O–H groups in total. The predicted molar refractivity (Wildman–Crippen MR) is 66.9 cm³/mol. The second kappa shape index (κ2) is 4.86. The summed E-state index contributed by atoms with van der Waals surface area (Å²) in [5.41, 5.74) is 0.124. The normalized spacial score (nSPS) is 23.1. The quantitative estimate of drug-likeness (QED) is 0.886. The minimum absolute atomic E-state index is 0.00120. The van der Waals surface area contributed by atoms with Gasteiger partial charge in [0, 0.05) is 6.61 Å². The third-order valence-electron chi connectivity index (χ3n) is 3.21. The molecule has 1 aliphatic heterocycles. The molecule has 1 aromatic carbocycles. The smallest absolute Gasteiger partial charge is 0.415 e. The molecule has 1 aromatic rings. The number of para-hydroxylation sites is 2.